The molecule has 0 unspecified atom stereocenters. The van der Waals surface area contributed by atoms with Gasteiger partial charge in [0.25, 0.3) is 5.91 Å². The Morgan fingerprint density at radius 2 is 1.31 bits per heavy atom. The second kappa shape index (κ2) is 17.2. The number of aryl methyl sites for hydroxylation is 2. The van der Waals surface area contributed by atoms with Crippen LogP contribution < -0.4 is 10.2 Å². The van der Waals surface area contributed by atoms with Gasteiger partial charge in [0.1, 0.15) is 0 Å². The number of nitrogens with zero attached hydrogens (tertiary/aromatic N) is 1. The fraction of sp³-hybridized carbons (Fsp3) is 0.621. The van der Waals surface area contributed by atoms with Gasteiger partial charge in [-0.2, -0.15) is 0 Å². The molecule has 2 aromatic rings. The number of carbonyl (C=O) groups excluding carboxylic acids is 1. The molecule has 1 aromatic carbocycles. The van der Waals surface area contributed by atoms with Crippen molar-refractivity contribution in [2.45, 2.75) is 111 Å². The van der Waals surface area contributed by atoms with Gasteiger partial charge < -0.3 is 4.74 Å². The van der Waals surface area contributed by atoms with Crippen LogP contribution in [0.1, 0.15) is 107 Å². The van der Waals surface area contributed by atoms with Gasteiger partial charge in [-0.3, -0.25) is 14.9 Å². The minimum Gasteiger partial charge on any atom is -0.481 e. The summed E-state index contributed by atoms with van der Waals surface area (Å²) in [5, 5.41) is 1.24. The third-order valence-electron chi connectivity index (χ3n) is 6.61. The average molecular weight is 558 g/mol. The van der Waals surface area contributed by atoms with Gasteiger partial charge in [0.2, 0.25) is 0 Å². The molecule has 1 heterocycles. The second-order valence-electron chi connectivity index (χ2n) is 9.73. The highest BCUT2D eigenvalue weighted by Crippen LogP contribution is 2.40. The van der Waals surface area contributed by atoms with Gasteiger partial charge >= 0.3 is 0 Å². The number of unbranched alkanes of at least 4 members (excludes halogenated alkanes) is 12. The van der Waals surface area contributed by atoms with E-state index in [1.165, 1.54) is 70.6 Å². The number of nitrogens with one attached hydrogen (secondary N) is 1. The molecule has 0 aliphatic carbocycles. The zero-order chi connectivity index (χ0) is 26.3. The molecule has 7 heteroatoms. The summed E-state index contributed by atoms with van der Waals surface area (Å²) in [6, 6.07) is 5.53. The second-order valence-corrected chi connectivity index (χ2v) is 10.9. The monoisotopic (exact) mass is 556 g/mol. The molecule has 4 nitrogen and oxygen atoms in total. The van der Waals surface area contributed by atoms with E-state index in [9.17, 15) is 4.79 Å². The van der Waals surface area contributed by atoms with Crippen LogP contribution in [0, 0.1) is 13.8 Å². The molecule has 0 saturated heterocycles. The summed E-state index contributed by atoms with van der Waals surface area (Å²) < 4.78 is 7.44. The van der Waals surface area contributed by atoms with Crippen molar-refractivity contribution in [1.82, 2.24) is 4.68 Å². The lowest BCUT2D eigenvalue weighted by molar-refractivity contribution is -0.119. The first-order valence-electron chi connectivity index (χ1n) is 13.6. The first-order chi connectivity index (χ1) is 17.3. The lowest BCUT2D eigenvalue weighted by Gasteiger charge is -2.16. The van der Waals surface area contributed by atoms with E-state index in [0.29, 0.717) is 20.8 Å². The molecule has 0 atom stereocenters. The lowest BCUT2D eigenvalue weighted by atomic mass is 10.0. The van der Waals surface area contributed by atoms with Gasteiger partial charge in [-0.05, 0) is 50.5 Å². The zero-order valence-electron chi connectivity index (χ0n) is 22.2. The number of ether oxygens (including phenoxy) is 1. The molecule has 0 bridgehead atoms. The maximum atomic E-state index is 12.4. The molecular weight excluding hydrogens is 515 g/mol. The smallest absolute Gasteiger partial charge is 0.276 e. The predicted molar refractivity (Wildman–Crippen MR) is 155 cm³/mol. The van der Waals surface area contributed by atoms with Crippen molar-refractivity contribution in [3.63, 3.8) is 0 Å². The molecule has 1 N–H and O–H groups in total. The Hall–Kier alpha value is -1.36. The van der Waals surface area contributed by atoms with E-state index in [2.05, 4.69) is 12.3 Å². The van der Waals surface area contributed by atoms with Crippen molar-refractivity contribution in [3.8, 4) is 5.75 Å². The summed E-state index contributed by atoms with van der Waals surface area (Å²) in [5.41, 5.74) is 5.51. The molecule has 2 rings (SSSR count). The van der Waals surface area contributed by atoms with Gasteiger partial charge in [0, 0.05) is 16.4 Å². The topological polar surface area (TPSA) is 43.3 Å². The number of hydrogen-bond acceptors (Lipinski definition) is 2. The zero-order valence-corrected chi connectivity index (χ0v) is 24.5. The maximum absolute atomic E-state index is 12.4. The average Bonchev–Trinajstić information content (AvgIpc) is 3.15. The van der Waals surface area contributed by atoms with Crippen LogP contribution >= 0.6 is 34.8 Å². The van der Waals surface area contributed by atoms with Crippen molar-refractivity contribution in [2.75, 3.05) is 12.0 Å². The van der Waals surface area contributed by atoms with Crippen LogP contribution in [0.3, 0.4) is 0 Å². The van der Waals surface area contributed by atoms with Crippen LogP contribution in [0.25, 0.3) is 0 Å². The van der Waals surface area contributed by atoms with Crippen molar-refractivity contribution >= 4 is 40.7 Å². The molecule has 0 spiro atoms. The largest absolute Gasteiger partial charge is 0.481 e. The molecule has 202 valence electrons. The molecule has 0 aliphatic heterocycles. The molecule has 1 amide bonds. The van der Waals surface area contributed by atoms with Crippen LogP contribution in [0.4, 0.5) is 0 Å². The molecule has 0 aliphatic rings. The van der Waals surface area contributed by atoms with Gasteiger partial charge in [-0.1, -0.05) is 119 Å². The highest BCUT2D eigenvalue weighted by Gasteiger charge is 2.18. The van der Waals surface area contributed by atoms with Crippen LogP contribution in [-0.4, -0.2) is 17.2 Å². The Morgan fingerprint density at radius 3 is 1.83 bits per heavy atom. The SMILES string of the molecule is CCCCCCCCCCCCCCCc1c(Cl)cc(Cl)c(OCC(=O)Nn2c(C)ccc2C)c1Cl. The summed E-state index contributed by atoms with van der Waals surface area (Å²) in [6.07, 6.45) is 17.7. The fourth-order valence-corrected chi connectivity index (χ4v) is 5.49. The Morgan fingerprint density at radius 1 is 0.806 bits per heavy atom. The minimum absolute atomic E-state index is 0.198. The van der Waals surface area contributed by atoms with Crippen LogP contribution in [0.5, 0.6) is 5.75 Å². The molecule has 0 fully saturated rings. The number of benzene rings is 1. The Balaban J connectivity index is 1.71. The van der Waals surface area contributed by atoms with Crippen molar-refractivity contribution in [1.29, 1.82) is 0 Å². The summed E-state index contributed by atoms with van der Waals surface area (Å²) in [5.74, 6) is 0.0149. The lowest BCUT2D eigenvalue weighted by Crippen LogP contribution is -2.29. The number of rotatable bonds is 18. The van der Waals surface area contributed by atoms with E-state index in [1.54, 1.807) is 10.7 Å². The molecule has 36 heavy (non-hydrogen) atoms. The van der Waals surface area contributed by atoms with Gasteiger partial charge in [0.05, 0.1) is 10.0 Å². The summed E-state index contributed by atoms with van der Waals surface area (Å²) in [4.78, 5) is 12.4. The van der Waals surface area contributed by atoms with E-state index in [0.717, 1.165) is 36.2 Å². The van der Waals surface area contributed by atoms with Crippen LogP contribution in [0.15, 0.2) is 18.2 Å². The molecular formula is C29H43Cl3N2O2. The Bertz CT molecular complexity index is 924. The van der Waals surface area contributed by atoms with Crippen molar-refractivity contribution < 1.29 is 9.53 Å². The van der Waals surface area contributed by atoms with E-state index in [-0.39, 0.29) is 12.5 Å². The van der Waals surface area contributed by atoms with Gasteiger partial charge in [0.15, 0.2) is 12.4 Å². The third kappa shape index (κ3) is 10.6. The number of carbonyl (C=O) groups is 1. The predicted octanol–water partition coefficient (Wildman–Crippen LogP) is 9.85. The van der Waals surface area contributed by atoms with Gasteiger partial charge in [-0.25, -0.2) is 0 Å². The maximum Gasteiger partial charge on any atom is 0.276 e. The van der Waals surface area contributed by atoms with E-state index in [4.69, 9.17) is 39.5 Å². The van der Waals surface area contributed by atoms with Crippen molar-refractivity contribution in [3.05, 3.63) is 50.2 Å². The Labute approximate surface area is 233 Å². The van der Waals surface area contributed by atoms with Crippen LogP contribution in [-0.2, 0) is 11.2 Å². The first kappa shape index (κ1) is 30.9. The van der Waals surface area contributed by atoms with Crippen molar-refractivity contribution in [2.24, 2.45) is 0 Å². The Kier molecular flexibility index (Phi) is 14.7. The number of aromatic nitrogens is 1. The summed E-state index contributed by atoms with van der Waals surface area (Å²) >= 11 is 19.4. The number of amides is 1. The summed E-state index contributed by atoms with van der Waals surface area (Å²) in [6.45, 7) is 5.91. The third-order valence-corrected chi connectivity index (χ3v) is 7.63. The highest BCUT2D eigenvalue weighted by atomic mass is 35.5. The molecule has 1 aromatic heterocycles. The number of hydrogen-bond donors (Lipinski definition) is 1. The van der Waals surface area contributed by atoms with Gasteiger partial charge in [-0.15, -0.1) is 0 Å². The minimum atomic E-state index is -0.294. The van der Waals surface area contributed by atoms with E-state index < -0.39 is 0 Å². The quantitative estimate of drug-likeness (QED) is 0.185. The fourth-order valence-electron chi connectivity index (χ4n) is 4.43. The molecule has 0 radical (unpaired) electrons. The van der Waals surface area contributed by atoms with Crippen LogP contribution in [0.2, 0.25) is 15.1 Å². The number of halogens is 3. The first-order valence-corrected chi connectivity index (χ1v) is 14.7. The normalized spacial score (nSPS) is 11.2. The standard InChI is InChI=1S/C29H43Cl3N2O2/c1-4-5-6-7-8-9-10-11-12-13-14-15-16-17-24-25(30)20-26(31)29(28(24)32)36-21-27(35)33-34-22(2)18-19-23(34)3/h18-20H,4-17,21H2,1-3H3,(H,33,35). The molecule has 0 saturated carbocycles. The highest BCUT2D eigenvalue weighted by molar-refractivity contribution is 6.41. The van der Waals surface area contributed by atoms with E-state index in [1.807, 2.05) is 26.0 Å². The summed E-state index contributed by atoms with van der Waals surface area (Å²) in [7, 11) is 0. The van der Waals surface area contributed by atoms with E-state index >= 15 is 0 Å².